The fourth-order valence-corrected chi connectivity index (χ4v) is 4.74. The molecule has 0 heterocycles. The molecule has 0 saturated heterocycles. The Bertz CT molecular complexity index is 1340. The summed E-state index contributed by atoms with van der Waals surface area (Å²) in [6.45, 7) is 0.560. The second kappa shape index (κ2) is 11.0. The van der Waals surface area contributed by atoms with Crippen LogP contribution in [0.25, 0.3) is 11.1 Å². The fraction of sp³-hybridized carbons (Fsp3) is 0.161. The minimum atomic E-state index is -1.27. The quantitative estimate of drug-likeness (QED) is 0.356. The maximum absolute atomic E-state index is 12.7. The van der Waals surface area contributed by atoms with Crippen molar-refractivity contribution in [2.24, 2.45) is 0 Å². The van der Waals surface area contributed by atoms with Crippen molar-refractivity contribution >= 4 is 12.1 Å². The molecule has 0 bridgehead atoms. The summed E-state index contributed by atoms with van der Waals surface area (Å²) in [4.78, 5) is 24.1. The molecule has 5 rings (SSSR count). The summed E-state index contributed by atoms with van der Waals surface area (Å²) >= 11 is 0. The van der Waals surface area contributed by atoms with Gasteiger partial charge in [-0.3, -0.25) is 0 Å². The normalized spacial score (nSPS) is 12.8. The van der Waals surface area contributed by atoms with Crippen LogP contribution in [0.2, 0.25) is 0 Å². The molecule has 6 heteroatoms. The molecule has 0 unspecified atom stereocenters. The molecule has 0 spiro atoms. The molecule has 0 saturated carbocycles. The van der Waals surface area contributed by atoms with E-state index < -0.39 is 18.1 Å². The van der Waals surface area contributed by atoms with Crippen molar-refractivity contribution in [3.05, 3.63) is 125 Å². The van der Waals surface area contributed by atoms with Crippen molar-refractivity contribution in [1.29, 1.82) is 0 Å². The monoisotopic (exact) mass is 492 g/mol. The molecule has 1 amide bonds. The second-order valence-electron chi connectivity index (χ2n) is 8.94. The van der Waals surface area contributed by atoms with Crippen LogP contribution in [0.5, 0.6) is 5.75 Å². The van der Waals surface area contributed by atoms with Gasteiger partial charge in [0.15, 0.2) is 0 Å². The lowest BCUT2D eigenvalue weighted by Crippen LogP contribution is -2.35. The van der Waals surface area contributed by atoms with Gasteiger partial charge in [0.25, 0.3) is 0 Å². The number of alkyl carbamates (subject to hydrolysis) is 1. The number of hydrogen-bond donors (Lipinski definition) is 1. The van der Waals surface area contributed by atoms with E-state index in [1.165, 1.54) is 0 Å². The third-order valence-corrected chi connectivity index (χ3v) is 6.54. The third kappa shape index (κ3) is 5.64. The van der Waals surface area contributed by atoms with Crippen LogP contribution < -0.4 is 15.2 Å². The Morgan fingerprint density at radius 2 is 1.38 bits per heavy atom. The lowest BCUT2D eigenvalue weighted by molar-refractivity contribution is -0.306. The number of amides is 1. The van der Waals surface area contributed by atoms with Crippen LogP contribution in [0, 0.1) is 0 Å². The first kappa shape index (κ1) is 24.1. The summed E-state index contributed by atoms with van der Waals surface area (Å²) in [5.41, 5.74) is 6.14. The van der Waals surface area contributed by atoms with Crippen molar-refractivity contribution in [1.82, 2.24) is 5.32 Å². The van der Waals surface area contributed by atoms with Crippen LogP contribution in [0.15, 0.2) is 103 Å². The molecule has 1 aliphatic carbocycles. The van der Waals surface area contributed by atoms with E-state index in [4.69, 9.17) is 9.47 Å². The minimum Gasteiger partial charge on any atom is -0.550 e. The van der Waals surface area contributed by atoms with Gasteiger partial charge in [0.2, 0.25) is 0 Å². The molecular formula is C31H26NO5-. The number of carbonyl (C=O) groups excluding carboxylic acids is 2. The molecule has 1 atom stereocenters. The van der Waals surface area contributed by atoms with E-state index in [2.05, 4.69) is 17.4 Å². The summed E-state index contributed by atoms with van der Waals surface area (Å²) < 4.78 is 11.4. The molecular weight excluding hydrogens is 466 g/mol. The van der Waals surface area contributed by atoms with Gasteiger partial charge in [0.05, 0.1) is 6.04 Å². The average Bonchev–Trinajstić information content (AvgIpc) is 3.25. The van der Waals surface area contributed by atoms with E-state index in [-0.39, 0.29) is 18.9 Å². The van der Waals surface area contributed by atoms with E-state index in [1.807, 2.05) is 66.7 Å². The zero-order valence-electron chi connectivity index (χ0n) is 20.1. The topological polar surface area (TPSA) is 87.7 Å². The van der Waals surface area contributed by atoms with E-state index >= 15 is 0 Å². The Morgan fingerprint density at radius 1 is 0.784 bits per heavy atom. The third-order valence-electron chi connectivity index (χ3n) is 6.54. The summed E-state index contributed by atoms with van der Waals surface area (Å²) in [6.07, 6.45) is -1.06. The Labute approximate surface area is 215 Å². The molecule has 0 radical (unpaired) electrons. The van der Waals surface area contributed by atoms with Crippen molar-refractivity contribution in [2.75, 3.05) is 6.61 Å². The van der Waals surface area contributed by atoms with Gasteiger partial charge in [0.1, 0.15) is 19.0 Å². The summed E-state index contributed by atoms with van der Waals surface area (Å²) in [5.74, 6) is -0.715. The number of aliphatic carboxylic acids is 1. The maximum atomic E-state index is 12.7. The van der Waals surface area contributed by atoms with Crippen LogP contribution in [0.1, 0.15) is 40.6 Å². The average molecular weight is 493 g/mol. The smallest absolute Gasteiger partial charge is 0.407 e. The van der Waals surface area contributed by atoms with Gasteiger partial charge in [-0.1, -0.05) is 91.0 Å². The number of rotatable bonds is 9. The largest absolute Gasteiger partial charge is 0.550 e. The molecule has 0 fully saturated rings. The van der Waals surface area contributed by atoms with Crippen LogP contribution >= 0.6 is 0 Å². The molecule has 4 aromatic rings. The highest BCUT2D eigenvalue weighted by molar-refractivity contribution is 5.79. The molecule has 37 heavy (non-hydrogen) atoms. The Balaban J connectivity index is 1.23. The lowest BCUT2D eigenvalue weighted by Gasteiger charge is -2.21. The minimum absolute atomic E-state index is 0.0845. The number of carbonyl (C=O) groups is 2. The molecule has 6 nitrogen and oxygen atoms in total. The van der Waals surface area contributed by atoms with Gasteiger partial charge in [-0.25, -0.2) is 4.79 Å². The van der Waals surface area contributed by atoms with E-state index in [1.54, 1.807) is 24.3 Å². The van der Waals surface area contributed by atoms with E-state index in [9.17, 15) is 14.7 Å². The summed E-state index contributed by atoms with van der Waals surface area (Å²) in [5, 5.41) is 14.1. The van der Waals surface area contributed by atoms with Crippen molar-refractivity contribution in [3.8, 4) is 16.9 Å². The highest BCUT2D eigenvalue weighted by Crippen LogP contribution is 2.44. The Hall–Kier alpha value is -4.58. The first-order valence-corrected chi connectivity index (χ1v) is 12.2. The molecule has 1 aliphatic rings. The van der Waals surface area contributed by atoms with Gasteiger partial charge >= 0.3 is 6.09 Å². The number of carboxylic acid groups (broad SMARTS) is 1. The number of carboxylic acids is 1. The van der Waals surface area contributed by atoms with Crippen molar-refractivity contribution in [2.45, 2.75) is 25.0 Å². The highest BCUT2D eigenvalue weighted by Gasteiger charge is 2.29. The number of hydrogen-bond acceptors (Lipinski definition) is 5. The van der Waals surface area contributed by atoms with Gasteiger partial charge < -0.3 is 24.7 Å². The van der Waals surface area contributed by atoms with Crippen LogP contribution in [-0.2, 0) is 16.1 Å². The van der Waals surface area contributed by atoms with Crippen LogP contribution in [-0.4, -0.2) is 18.7 Å². The Morgan fingerprint density at radius 3 is 2.00 bits per heavy atom. The first-order valence-electron chi connectivity index (χ1n) is 12.2. The van der Waals surface area contributed by atoms with Gasteiger partial charge in [-0.2, -0.15) is 0 Å². The number of benzene rings is 4. The van der Waals surface area contributed by atoms with Crippen LogP contribution in [0.4, 0.5) is 4.79 Å². The summed E-state index contributed by atoms with van der Waals surface area (Å²) in [7, 11) is 0. The van der Waals surface area contributed by atoms with Crippen molar-refractivity contribution in [3.63, 3.8) is 0 Å². The lowest BCUT2D eigenvalue weighted by atomic mass is 9.98. The zero-order valence-corrected chi connectivity index (χ0v) is 20.1. The van der Waals surface area contributed by atoms with Gasteiger partial charge in [0, 0.05) is 18.3 Å². The first-order chi connectivity index (χ1) is 18.1. The Kier molecular flexibility index (Phi) is 7.17. The molecule has 4 aromatic carbocycles. The second-order valence-corrected chi connectivity index (χ2v) is 8.94. The van der Waals surface area contributed by atoms with E-state index in [0.717, 1.165) is 27.8 Å². The highest BCUT2D eigenvalue weighted by atomic mass is 16.5. The summed E-state index contributed by atoms with van der Waals surface area (Å²) in [6, 6.07) is 32.1. The zero-order chi connectivity index (χ0) is 25.6. The van der Waals surface area contributed by atoms with E-state index in [0.29, 0.717) is 17.9 Å². The van der Waals surface area contributed by atoms with Crippen LogP contribution in [0.3, 0.4) is 0 Å². The predicted octanol–water partition coefficient (Wildman–Crippen LogP) is 4.99. The SMILES string of the molecule is O=C([O-])C[C@@H](NC(=O)OCC1c2ccccc2-c2ccccc21)c1ccc(OCc2ccccc2)cc1. The number of ether oxygens (including phenoxy) is 2. The molecule has 0 aromatic heterocycles. The molecule has 0 aliphatic heterocycles. The standard InChI is InChI=1S/C31H27NO5/c33-30(34)18-29(22-14-16-23(17-15-22)36-19-21-8-2-1-3-9-21)32-31(35)37-20-28-26-12-6-4-10-24(26)25-11-5-7-13-27(25)28/h1-17,28-29H,18-20H2,(H,32,35)(H,33,34)/p-1/t29-/m1/s1. The number of fused-ring (bicyclic) bond motifs is 3. The number of nitrogens with one attached hydrogen (secondary N) is 1. The predicted molar refractivity (Wildman–Crippen MR) is 138 cm³/mol. The molecule has 186 valence electrons. The fourth-order valence-electron chi connectivity index (χ4n) is 4.74. The van der Waals surface area contributed by atoms with Gasteiger partial charge in [-0.05, 0) is 45.5 Å². The van der Waals surface area contributed by atoms with Crippen molar-refractivity contribution < 1.29 is 24.2 Å². The maximum Gasteiger partial charge on any atom is 0.407 e. The molecule has 1 N–H and O–H groups in total. The van der Waals surface area contributed by atoms with Gasteiger partial charge in [-0.15, -0.1) is 0 Å².